The molecule has 0 aliphatic carbocycles. The van der Waals surface area contributed by atoms with Crippen LogP contribution in [-0.2, 0) is 0 Å². The van der Waals surface area contributed by atoms with E-state index >= 15 is 0 Å². The maximum atomic E-state index is 12.4. The van der Waals surface area contributed by atoms with Crippen molar-refractivity contribution >= 4 is 17.4 Å². The van der Waals surface area contributed by atoms with Crippen molar-refractivity contribution in [2.45, 2.75) is 32.1 Å². The Bertz CT molecular complexity index is 524. The predicted octanol–water partition coefficient (Wildman–Crippen LogP) is 3.52. The SMILES string of the molecule is O=C(CCN1CCCCCC1)c1cc2c(cc1Cl)OCO2. The number of likely N-dealkylation sites (tertiary alicyclic amines) is 1. The minimum absolute atomic E-state index is 0.0718. The average Bonchev–Trinajstić information content (AvgIpc) is 2.77. The van der Waals surface area contributed by atoms with E-state index in [1.165, 1.54) is 25.7 Å². The van der Waals surface area contributed by atoms with Gasteiger partial charge in [0.1, 0.15) is 0 Å². The van der Waals surface area contributed by atoms with Crippen molar-refractivity contribution in [3.05, 3.63) is 22.7 Å². The van der Waals surface area contributed by atoms with Gasteiger partial charge in [0, 0.05) is 24.6 Å². The number of carbonyl (C=O) groups excluding carboxylic acids is 1. The van der Waals surface area contributed by atoms with Gasteiger partial charge in [-0.05, 0) is 32.0 Å². The van der Waals surface area contributed by atoms with Crippen LogP contribution in [0.1, 0.15) is 42.5 Å². The van der Waals surface area contributed by atoms with Crippen molar-refractivity contribution in [2.24, 2.45) is 0 Å². The molecule has 2 aliphatic rings. The van der Waals surface area contributed by atoms with E-state index in [4.69, 9.17) is 21.1 Å². The van der Waals surface area contributed by atoms with E-state index in [-0.39, 0.29) is 12.6 Å². The molecule has 0 spiro atoms. The first kappa shape index (κ1) is 14.7. The molecule has 0 unspecified atom stereocenters. The highest BCUT2D eigenvalue weighted by atomic mass is 35.5. The number of hydrogen-bond donors (Lipinski definition) is 0. The molecule has 0 saturated carbocycles. The summed E-state index contributed by atoms with van der Waals surface area (Å²) in [6, 6.07) is 3.37. The Morgan fingerprint density at radius 1 is 1.10 bits per heavy atom. The number of rotatable bonds is 4. The number of hydrogen-bond acceptors (Lipinski definition) is 4. The highest BCUT2D eigenvalue weighted by Crippen LogP contribution is 2.37. The van der Waals surface area contributed by atoms with E-state index in [9.17, 15) is 4.79 Å². The Kier molecular flexibility index (Phi) is 4.66. The average molecular weight is 310 g/mol. The fourth-order valence-electron chi connectivity index (χ4n) is 2.88. The summed E-state index contributed by atoms with van der Waals surface area (Å²) < 4.78 is 10.6. The smallest absolute Gasteiger partial charge is 0.231 e. The molecular weight excluding hydrogens is 290 g/mol. The van der Waals surface area contributed by atoms with E-state index in [1.807, 2.05) is 0 Å². The number of fused-ring (bicyclic) bond motifs is 1. The van der Waals surface area contributed by atoms with Crippen LogP contribution >= 0.6 is 11.6 Å². The van der Waals surface area contributed by atoms with E-state index in [2.05, 4.69) is 4.90 Å². The highest BCUT2D eigenvalue weighted by molar-refractivity contribution is 6.34. The van der Waals surface area contributed by atoms with Crippen LogP contribution in [0.2, 0.25) is 5.02 Å². The molecule has 4 nitrogen and oxygen atoms in total. The zero-order valence-corrected chi connectivity index (χ0v) is 12.8. The van der Waals surface area contributed by atoms with Gasteiger partial charge in [-0.3, -0.25) is 4.79 Å². The molecule has 2 heterocycles. The van der Waals surface area contributed by atoms with E-state index in [1.54, 1.807) is 12.1 Å². The van der Waals surface area contributed by atoms with Gasteiger partial charge in [-0.25, -0.2) is 0 Å². The largest absolute Gasteiger partial charge is 0.454 e. The van der Waals surface area contributed by atoms with Gasteiger partial charge in [-0.1, -0.05) is 24.4 Å². The third-order valence-electron chi connectivity index (χ3n) is 4.12. The Labute approximate surface area is 130 Å². The van der Waals surface area contributed by atoms with Gasteiger partial charge in [-0.2, -0.15) is 0 Å². The van der Waals surface area contributed by atoms with Crippen LogP contribution in [-0.4, -0.2) is 37.1 Å². The molecule has 3 rings (SSSR count). The molecule has 5 heteroatoms. The second-order valence-electron chi connectivity index (χ2n) is 5.61. The Morgan fingerprint density at radius 3 is 2.48 bits per heavy atom. The minimum Gasteiger partial charge on any atom is -0.454 e. The first-order valence-corrected chi connectivity index (χ1v) is 7.96. The quantitative estimate of drug-likeness (QED) is 0.798. The maximum absolute atomic E-state index is 12.4. The van der Waals surface area contributed by atoms with E-state index < -0.39 is 0 Å². The zero-order chi connectivity index (χ0) is 14.7. The number of nitrogens with zero attached hydrogens (tertiary/aromatic N) is 1. The van der Waals surface area contributed by atoms with Crippen LogP contribution in [0.3, 0.4) is 0 Å². The topological polar surface area (TPSA) is 38.8 Å². The summed E-state index contributed by atoms with van der Waals surface area (Å²) in [6.45, 7) is 3.20. The molecule has 1 aromatic rings. The van der Waals surface area contributed by atoms with Crippen LogP contribution in [0.25, 0.3) is 0 Å². The van der Waals surface area contributed by atoms with Crippen LogP contribution in [0.5, 0.6) is 11.5 Å². The lowest BCUT2D eigenvalue weighted by Crippen LogP contribution is -2.27. The van der Waals surface area contributed by atoms with Crippen molar-refractivity contribution in [3.63, 3.8) is 0 Å². The first-order valence-electron chi connectivity index (χ1n) is 7.59. The standard InChI is InChI=1S/C16H20ClNO3/c17-13-10-16-15(20-11-21-16)9-12(13)14(19)5-8-18-6-3-1-2-4-7-18/h9-10H,1-8,11H2. The third-order valence-corrected chi connectivity index (χ3v) is 4.43. The van der Waals surface area contributed by atoms with E-state index in [0.717, 1.165) is 19.6 Å². The number of Topliss-reactive ketones (excluding diaryl/α,β-unsaturated/α-hetero) is 1. The summed E-state index contributed by atoms with van der Waals surface area (Å²) >= 11 is 6.18. The molecule has 1 fully saturated rings. The summed E-state index contributed by atoms with van der Waals surface area (Å²) in [7, 11) is 0. The predicted molar refractivity (Wildman–Crippen MR) is 81.4 cm³/mol. The normalized spacial score (nSPS) is 18.5. The van der Waals surface area contributed by atoms with Crippen LogP contribution in [0, 0.1) is 0 Å². The number of benzene rings is 1. The summed E-state index contributed by atoms with van der Waals surface area (Å²) in [4.78, 5) is 14.8. The molecule has 0 radical (unpaired) electrons. The second-order valence-corrected chi connectivity index (χ2v) is 6.02. The lowest BCUT2D eigenvalue weighted by Gasteiger charge is -2.19. The molecule has 1 aromatic carbocycles. The Hall–Kier alpha value is -1.26. The summed E-state index contributed by atoms with van der Waals surface area (Å²) in [5.41, 5.74) is 0.538. The molecular formula is C16H20ClNO3. The molecule has 0 bridgehead atoms. The molecule has 1 saturated heterocycles. The maximum Gasteiger partial charge on any atom is 0.231 e. The zero-order valence-electron chi connectivity index (χ0n) is 12.1. The van der Waals surface area contributed by atoms with Crippen LogP contribution in [0.15, 0.2) is 12.1 Å². The second kappa shape index (κ2) is 6.67. The monoisotopic (exact) mass is 309 g/mol. The lowest BCUT2D eigenvalue weighted by molar-refractivity contribution is 0.0964. The van der Waals surface area contributed by atoms with Crippen molar-refractivity contribution < 1.29 is 14.3 Å². The number of halogens is 1. The molecule has 0 atom stereocenters. The van der Waals surface area contributed by atoms with Gasteiger partial charge < -0.3 is 14.4 Å². The molecule has 2 aliphatic heterocycles. The van der Waals surface area contributed by atoms with Crippen molar-refractivity contribution in [1.82, 2.24) is 4.90 Å². The molecule has 21 heavy (non-hydrogen) atoms. The van der Waals surface area contributed by atoms with Crippen LogP contribution < -0.4 is 9.47 Å². The highest BCUT2D eigenvalue weighted by Gasteiger charge is 2.20. The van der Waals surface area contributed by atoms with Gasteiger partial charge in [0.25, 0.3) is 0 Å². The number of ketones is 1. The number of ether oxygens (including phenoxy) is 2. The number of carbonyl (C=O) groups is 1. The summed E-state index contributed by atoms with van der Waals surface area (Å²) in [5, 5.41) is 0.445. The first-order chi connectivity index (χ1) is 10.2. The lowest BCUT2D eigenvalue weighted by atomic mass is 10.1. The summed E-state index contributed by atoms with van der Waals surface area (Å²) in [6.07, 6.45) is 5.58. The van der Waals surface area contributed by atoms with Gasteiger partial charge in [0.2, 0.25) is 6.79 Å². The van der Waals surface area contributed by atoms with Gasteiger partial charge in [-0.15, -0.1) is 0 Å². The Balaban J connectivity index is 1.62. The van der Waals surface area contributed by atoms with Crippen LogP contribution in [0.4, 0.5) is 0 Å². The fourth-order valence-corrected chi connectivity index (χ4v) is 3.14. The van der Waals surface area contributed by atoms with Crippen molar-refractivity contribution in [2.75, 3.05) is 26.4 Å². The third kappa shape index (κ3) is 3.50. The molecule has 114 valence electrons. The molecule has 0 amide bonds. The van der Waals surface area contributed by atoms with Crippen molar-refractivity contribution in [1.29, 1.82) is 0 Å². The van der Waals surface area contributed by atoms with E-state index in [0.29, 0.717) is 28.5 Å². The fraction of sp³-hybridized carbons (Fsp3) is 0.562. The Morgan fingerprint density at radius 2 is 1.76 bits per heavy atom. The minimum atomic E-state index is 0.0718. The summed E-state index contributed by atoms with van der Waals surface area (Å²) in [5.74, 6) is 1.30. The molecule has 0 N–H and O–H groups in total. The van der Waals surface area contributed by atoms with Gasteiger partial charge >= 0.3 is 0 Å². The van der Waals surface area contributed by atoms with Gasteiger partial charge in [0.05, 0.1) is 5.02 Å². The molecule has 0 aromatic heterocycles. The van der Waals surface area contributed by atoms with Gasteiger partial charge in [0.15, 0.2) is 17.3 Å². The van der Waals surface area contributed by atoms with Crippen molar-refractivity contribution in [3.8, 4) is 11.5 Å².